The quantitative estimate of drug-likeness (QED) is 0.234. The van der Waals surface area contributed by atoms with Crippen molar-refractivity contribution in [2.45, 2.75) is 88.9 Å². The van der Waals surface area contributed by atoms with Crippen molar-refractivity contribution >= 4 is 0 Å². The lowest BCUT2D eigenvalue weighted by atomic mass is 9.65. The molecule has 0 spiro atoms. The normalized spacial score (nSPS) is 22.2. The van der Waals surface area contributed by atoms with E-state index in [1.807, 2.05) is 0 Å². The lowest BCUT2D eigenvalue weighted by Crippen LogP contribution is -2.72. The van der Waals surface area contributed by atoms with E-state index in [1.54, 1.807) is 34.7 Å². The lowest BCUT2D eigenvalue weighted by Gasteiger charge is -2.54. The van der Waals surface area contributed by atoms with Crippen LogP contribution in [0.1, 0.15) is 53.4 Å². The van der Waals surface area contributed by atoms with E-state index in [4.69, 9.17) is 5.73 Å². The molecule has 7 nitrogen and oxygen atoms in total. The van der Waals surface area contributed by atoms with Crippen molar-refractivity contribution in [2.24, 2.45) is 5.73 Å². The van der Waals surface area contributed by atoms with Crippen molar-refractivity contribution < 1.29 is 20.4 Å². The minimum Gasteiger partial charge on any atom is -0.393 e. The highest BCUT2D eigenvalue weighted by Crippen LogP contribution is 2.39. The largest absolute Gasteiger partial charge is 0.393 e. The van der Waals surface area contributed by atoms with Crippen molar-refractivity contribution in [2.75, 3.05) is 20.1 Å². The Bertz CT molecular complexity index is 316. The smallest absolute Gasteiger partial charge is 0.0530 e. The Hall–Kier alpha value is -0.280. The molecule has 0 saturated carbocycles. The van der Waals surface area contributed by atoms with E-state index in [9.17, 15) is 20.4 Å². The van der Waals surface area contributed by atoms with E-state index < -0.39 is 35.5 Å². The molecular formula is C17H39N3O4. The molecule has 7 heteroatoms. The maximum Gasteiger partial charge on any atom is 0.0530 e. The number of hydrogen-bond donors (Lipinski definition) is 7. The topological polar surface area (TPSA) is 131 Å². The van der Waals surface area contributed by atoms with Crippen LogP contribution in [0, 0.1) is 0 Å². The third-order valence-electron chi connectivity index (χ3n) is 4.58. The maximum absolute atomic E-state index is 10.1. The van der Waals surface area contributed by atoms with Crippen LogP contribution >= 0.6 is 0 Å². The van der Waals surface area contributed by atoms with Crippen molar-refractivity contribution in [1.29, 1.82) is 0 Å². The summed E-state index contributed by atoms with van der Waals surface area (Å²) in [6, 6.07) is 0. The Labute approximate surface area is 146 Å². The van der Waals surface area contributed by atoms with Gasteiger partial charge in [0.25, 0.3) is 0 Å². The Kier molecular flexibility index (Phi) is 10.5. The van der Waals surface area contributed by atoms with Crippen LogP contribution < -0.4 is 16.4 Å². The van der Waals surface area contributed by atoms with Gasteiger partial charge in [0.05, 0.1) is 24.4 Å². The van der Waals surface area contributed by atoms with Gasteiger partial charge in [-0.25, -0.2) is 0 Å². The highest BCUT2D eigenvalue weighted by atomic mass is 16.3. The van der Waals surface area contributed by atoms with Gasteiger partial charge in [0.15, 0.2) is 0 Å². The molecule has 0 radical (unpaired) electrons. The zero-order valence-electron chi connectivity index (χ0n) is 15.9. The zero-order chi connectivity index (χ0) is 19.0. The van der Waals surface area contributed by atoms with Crippen molar-refractivity contribution in [1.82, 2.24) is 10.6 Å². The molecule has 24 heavy (non-hydrogen) atoms. The summed E-state index contributed by atoms with van der Waals surface area (Å²) >= 11 is 0. The molecule has 0 aromatic rings. The summed E-state index contributed by atoms with van der Waals surface area (Å²) in [7, 11) is 1.79. The maximum atomic E-state index is 10.1. The molecule has 4 unspecified atom stereocenters. The summed E-state index contributed by atoms with van der Waals surface area (Å²) in [4.78, 5) is 0. The van der Waals surface area contributed by atoms with Gasteiger partial charge in [0.1, 0.15) is 0 Å². The number of nitrogens with two attached hydrogens (primary N) is 1. The summed E-state index contributed by atoms with van der Waals surface area (Å²) in [5.74, 6) is 0. The molecule has 0 amide bonds. The number of likely N-dealkylation sites (N-methyl/N-ethyl adjacent to an activating group) is 1. The third-order valence-corrected chi connectivity index (χ3v) is 4.58. The Morgan fingerprint density at radius 2 is 1.08 bits per heavy atom. The second-order valence-corrected chi connectivity index (χ2v) is 7.34. The first kappa shape index (κ1) is 23.7. The van der Waals surface area contributed by atoms with Crippen LogP contribution in [-0.4, -0.2) is 76.1 Å². The summed E-state index contributed by atoms with van der Waals surface area (Å²) in [6.07, 6.45) is -1.02. The molecule has 0 aliphatic heterocycles. The van der Waals surface area contributed by atoms with E-state index in [0.29, 0.717) is 38.8 Å². The molecular weight excluding hydrogens is 310 g/mol. The van der Waals surface area contributed by atoms with Gasteiger partial charge in [-0.1, -0.05) is 0 Å². The third kappa shape index (κ3) is 6.92. The fraction of sp³-hybridized carbons (Fsp3) is 1.00. The number of aliphatic hydroxyl groups is 4. The van der Waals surface area contributed by atoms with Gasteiger partial charge in [-0.05, 0) is 60.4 Å². The van der Waals surface area contributed by atoms with E-state index in [1.165, 1.54) is 0 Å². The summed E-state index contributed by atoms with van der Waals surface area (Å²) in [5.41, 5.74) is 4.22. The fourth-order valence-electron chi connectivity index (χ4n) is 4.03. The molecule has 0 bridgehead atoms. The predicted molar refractivity (Wildman–Crippen MR) is 96.8 cm³/mol. The molecule has 0 fully saturated rings. The summed E-state index contributed by atoms with van der Waals surface area (Å²) in [5, 5.41) is 47.1. The first-order chi connectivity index (χ1) is 11.0. The van der Waals surface area contributed by atoms with Gasteiger partial charge in [-0.2, -0.15) is 0 Å². The predicted octanol–water partition coefficient (Wildman–Crippen LogP) is -0.685. The molecule has 8 N–H and O–H groups in total. The number of nitrogens with one attached hydrogen (secondary N) is 2. The zero-order valence-corrected chi connectivity index (χ0v) is 15.9. The average molecular weight is 350 g/mol. The Balaban J connectivity index is 6.13. The second-order valence-electron chi connectivity index (χ2n) is 7.34. The van der Waals surface area contributed by atoms with Crippen molar-refractivity contribution in [3.05, 3.63) is 0 Å². The molecule has 146 valence electrons. The Morgan fingerprint density at radius 1 is 0.750 bits per heavy atom. The highest BCUT2D eigenvalue weighted by Gasteiger charge is 2.51. The molecule has 0 aliphatic carbocycles. The van der Waals surface area contributed by atoms with E-state index in [-0.39, 0.29) is 0 Å². The van der Waals surface area contributed by atoms with Crippen LogP contribution in [0.4, 0.5) is 0 Å². The van der Waals surface area contributed by atoms with Gasteiger partial charge < -0.3 is 36.8 Å². The van der Waals surface area contributed by atoms with Crippen LogP contribution in [0.5, 0.6) is 0 Å². The summed E-state index contributed by atoms with van der Waals surface area (Å²) < 4.78 is 0. The molecule has 0 aliphatic rings. The van der Waals surface area contributed by atoms with Crippen LogP contribution in [0.15, 0.2) is 0 Å². The van der Waals surface area contributed by atoms with Crippen LogP contribution in [0.2, 0.25) is 0 Å². The number of hydrogen-bond acceptors (Lipinski definition) is 7. The number of rotatable bonds is 13. The van der Waals surface area contributed by atoms with Crippen LogP contribution in [0.25, 0.3) is 0 Å². The van der Waals surface area contributed by atoms with Gasteiger partial charge in [0.2, 0.25) is 0 Å². The van der Waals surface area contributed by atoms with Crippen LogP contribution in [0.3, 0.4) is 0 Å². The molecule has 0 heterocycles. The summed E-state index contributed by atoms with van der Waals surface area (Å²) in [6.45, 7) is 7.71. The van der Waals surface area contributed by atoms with E-state index in [2.05, 4.69) is 10.6 Å². The van der Waals surface area contributed by atoms with Crippen molar-refractivity contribution in [3.8, 4) is 0 Å². The average Bonchev–Trinajstić information content (AvgIpc) is 2.41. The molecule has 0 aromatic carbocycles. The van der Waals surface area contributed by atoms with Gasteiger partial charge in [-0.15, -0.1) is 0 Å². The molecule has 0 rings (SSSR count). The van der Waals surface area contributed by atoms with E-state index in [0.717, 1.165) is 0 Å². The Morgan fingerprint density at radius 3 is 1.33 bits per heavy atom. The lowest BCUT2D eigenvalue weighted by molar-refractivity contribution is -0.0199. The first-order valence-corrected chi connectivity index (χ1v) is 8.90. The second kappa shape index (κ2) is 10.7. The van der Waals surface area contributed by atoms with Gasteiger partial charge >= 0.3 is 0 Å². The monoisotopic (exact) mass is 349 g/mol. The van der Waals surface area contributed by atoms with Gasteiger partial charge in [-0.3, -0.25) is 0 Å². The first-order valence-electron chi connectivity index (χ1n) is 8.90. The highest BCUT2D eigenvalue weighted by molar-refractivity contribution is 5.12. The minimum atomic E-state index is -0.739. The molecule has 0 saturated heterocycles. The number of aliphatic hydroxyl groups excluding tert-OH is 4. The van der Waals surface area contributed by atoms with Crippen molar-refractivity contribution in [3.63, 3.8) is 0 Å². The molecule has 4 atom stereocenters. The fourth-order valence-corrected chi connectivity index (χ4v) is 4.03. The SMILES string of the molecule is CNC(CC(C)O)(CC(C)O)C(CC(C)O)(CC(C)O)NCCN. The molecule has 0 aromatic heterocycles. The van der Waals surface area contributed by atoms with Gasteiger partial charge in [0, 0.05) is 24.2 Å². The standard InChI is InChI=1S/C17H39N3O4/c1-12(21)8-16(19-5,9-13(2)22)17(10-14(3)23,11-15(4)24)20-7-6-18/h12-15,19-24H,6-11,18H2,1-5H3. The van der Waals surface area contributed by atoms with Crippen LogP contribution in [-0.2, 0) is 0 Å². The van der Waals surface area contributed by atoms with E-state index >= 15 is 0 Å². The minimum absolute atomic E-state index is 0.359.